The third-order valence-corrected chi connectivity index (χ3v) is 3.24. The maximum Gasteiger partial charge on any atom is 0.212 e. The average Bonchev–Trinajstić information content (AvgIpc) is 2.24. The number of carbonyl (C=O) groups is 1. The lowest BCUT2D eigenvalue weighted by Crippen LogP contribution is -2.38. The normalized spacial score (nSPS) is 21.6. The Labute approximate surface area is 113 Å². The van der Waals surface area contributed by atoms with E-state index >= 15 is 0 Å². The lowest BCUT2D eigenvalue weighted by atomic mass is 9.93. The number of aliphatic hydroxyl groups is 1. The molecule has 6 nitrogen and oxygen atoms in total. The molecule has 0 fully saturated rings. The van der Waals surface area contributed by atoms with E-state index in [2.05, 4.69) is 0 Å². The van der Waals surface area contributed by atoms with E-state index in [1.54, 1.807) is 0 Å². The average molecular weight is 276 g/mol. The molecule has 0 spiro atoms. The largest absolute Gasteiger partial charge is 0.508 e. The lowest BCUT2D eigenvalue weighted by Gasteiger charge is -2.30. The van der Waals surface area contributed by atoms with Gasteiger partial charge in [0, 0.05) is 24.4 Å². The van der Waals surface area contributed by atoms with Gasteiger partial charge in [-0.3, -0.25) is 4.79 Å². The predicted molar refractivity (Wildman–Crippen MR) is 69.1 cm³/mol. The number of ether oxygens (including phenoxy) is 1. The molecule has 20 heavy (non-hydrogen) atoms. The molecule has 104 valence electrons. The highest BCUT2D eigenvalue weighted by Gasteiger charge is 2.36. The molecule has 1 atom stereocenters. The molecule has 3 rings (SSSR count). The molecule has 4 N–H and O–H groups in total. The van der Waals surface area contributed by atoms with Gasteiger partial charge in [0.2, 0.25) is 5.79 Å². The summed E-state index contributed by atoms with van der Waals surface area (Å²) >= 11 is 0. The van der Waals surface area contributed by atoms with Crippen LogP contribution in [0, 0.1) is 0 Å². The van der Waals surface area contributed by atoms with Gasteiger partial charge in [-0.1, -0.05) is 0 Å². The van der Waals surface area contributed by atoms with E-state index in [-0.39, 0.29) is 45.8 Å². The molecule has 0 bridgehead atoms. The monoisotopic (exact) mass is 276 g/mol. The van der Waals surface area contributed by atoms with Crippen LogP contribution in [0.1, 0.15) is 23.7 Å². The molecule has 1 aliphatic rings. The second-order valence-electron chi connectivity index (χ2n) is 5.03. The van der Waals surface area contributed by atoms with E-state index in [4.69, 9.17) is 4.74 Å². The molecule has 0 radical (unpaired) electrons. The first kappa shape index (κ1) is 12.6. The minimum absolute atomic E-state index is 0.0150. The first-order chi connectivity index (χ1) is 9.28. The van der Waals surface area contributed by atoms with Crippen molar-refractivity contribution in [1.29, 1.82) is 0 Å². The Balaban J connectivity index is 2.42. The Morgan fingerprint density at radius 3 is 2.50 bits per heavy atom. The quantitative estimate of drug-likeness (QED) is 0.582. The van der Waals surface area contributed by atoms with Gasteiger partial charge in [0.15, 0.2) is 5.78 Å². The topological polar surface area (TPSA) is 107 Å². The summed E-state index contributed by atoms with van der Waals surface area (Å²) in [4.78, 5) is 12.2. The number of carbonyl (C=O) groups excluding carboxylic acids is 1. The van der Waals surface area contributed by atoms with E-state index in [9.17, 15) is 25.2 Å². The number of phenols is 3. The molecule has 1 heterocycles. The number of benzene rings is 2. The van der Waals surface area contributed by atoms with Crippen molar-refractivity contribution in [2.24, 2.45) is 0 Å². The molecule has 1 aliphatic heterocycles. The van der Waals surface area contributed by atoms with Crippen LogP contribution in [0.4, 0.5) is 0 Å². The zero-order valence-electron chi connectivity index (χ0n) is 10.5. The van der Waals surface area contributed by atoms with Gasteiger partial charge in [-0.2, -0.15) is 0 Å². The smallest absolute Gasteiger partial charge is 0.212 e. The third kappa shape index (κ3) is 1.73. The first-order valence-electron chi connectivity index (χ1n) is 5.95. The third-order valence-electron chi connectivity index (χ3n) is 3.24. The van der Waals surface area contributed by atoms with E-state index in [1.807, 2.05) is 0 Å². The Bertz CT molecular complexity index is 747. The number of aromatic hydroxyl groups is 3. The van der Waals surface area contributed by atoms with Crippen molar-refractivity contribution >= 4 is 16.6 Å². The molecule has 0 unspecified atom stereocenters. The summed E-state index contributed by atoms with van der Waals surface area (Å²) < 4.78 is 5.27. The number of phenolic OH excluding ortho intramolecular Hbond substituents is 3. The Morgan fingerprint density at radius 2 is 1.80 bits per heavy atom. The van der Waals surface area contributed by atoms with Gasteiger partial charge in [-0.25, -0.2) is 0 Å². The van der Waals surface area contributed by atoms with Gasteiger partial charge in [-0.15, -0.1) is 0 Å². The first-order valence-corrected chi connectivity index (χ1v) is 5.95. The summed E-state index contributed by atoms with van der Waals surface area (Å²) in [6.45, 7) is 1.34. The zero-order valence-corrected chi connectivity index (χ0v) is 10.5. The van der Waals surface area contributed by atoms with Gasteiger partial charge in [0.25, 0.3) is 0 Å². The molecule has 2 aromatic carbocycles. The Kier molecular flexibility index (Phi) is 2.37. The molecular weight excluding hydrogens is 264 g/mol. The highest BCUT2D eigenvalue weighted by atomic mass is 16.6. The maximum atomic E-state index is 12.2. The van der Waals surface area contributed by atoms with Gasteiger partial charge in [0.1, 0.15) is 23.0 Å². The van der Waals surface area contributed by atoms with E-state index < -0.39 is 11.6 Å². The van der Waals surface area contributed by atoms with Crippen LogP contribution in [0.15, 0.2) is 18.2 Å². The Morgan fingerprint density at radius 1 is 1.15 bits per heavy atom. The molecule has 2 aromatic rings. The number of hydrogen-bond acceptors (Lipinski definition) is 6. The summed E-state index contributed by atoms with van der Waals surface area (Å²) in [5.74, 6) is -2.92. The summed E-state index contributed by atoms with van der Waals surface area (Å²) in [5.41, 5.74) is 0.121. The second-order valence-corrected chi connectivity index (χ2v) is 5.03. The van der Waals surface area contributed by atoms with Crippen molar-refractivity contribution in [1.82, 2.24) is 0 Å². The standard InChI is InChI=1S/C14H12O6/c1-14(19)5-10(18)13-7-2-6(15)3-8(16)12(7)9(17)4-11(13)20-14/h2-4,15-17,19H,5H2,1H3/t14-/m1/s1. The fourth-order valence-corrected chi connectivity index (χ4v) is 2.51. The summed E-state index contributed by atoms with van der Waals surface area (Å²) in [5, 5.41) is 39.4. The fourth-order valence-electron chi connectivity index (χ4n) is 2.51. The number of hydrogen-bond donors (Lipinski definition) is 4. The number of Topliss-reactive ketones (excluding diaryl/α,β-unsaturated/α-hetero) is 1. The minimum atomic E-state index is -1.65. The Hall–Kier alpha value is -2.47. The molecular formula is C14H12O6. The van der Waals surface area contributed by atoms with Crippen LogP contribution in [-0.2, 0) is 0 Å². The van der Waals surface area contributed by atoms with Crippen molar-refractivity contribution in [2.75, 3.05) is 0 Å². The van der Waals surface area contributed by atoms with Crippen LogP contribution >= 0.6 is 0 Å². The van der Waals surface area contributed by atoms with Crippen molar-refractivity contribution in [3.63, 3.8) is 0 Å². The van der Waals surface area contributed by atoms with Crippen LogP contribution in [0.5, 0.6) is 23.0 Å². The minimum Gasteiger partial charge on any atom is -0.508 e. The van der Waals surface area contributed by atoms with Crippen molar-refractivity contribution in [3.05, 3.63) is 23.8 Å². The van der Waals surface area contributed by atoms with Crippen LogP contribution < -0.4 is 4.74 Å². The van der Waals surface area contributed by atoms with Crippen LogP contribution in [-0.4, -0.2) is 32.0 Å². The summed E-state index contributed by atoms with van der Waals surface area (Å²) in [7, 11) is 0. The van der Waals surface area contributed by atoms with Crippen molar-refractivity contribution < 1.29 is 30.0 Å². The van der Waals surface area contributed by atoms with Crippen molar-refractivity contribution in [3.8, 4) is 23.0 Å². The van der Waals surface area contributed by atoms with Gasteiger partial charge < -0.3 is 25.2 Å². The number of rotatable bonds is 0. The highest BCUT2D eigenvalue weighted by Crippen LogP contribution is 2.45. The van der Waals surface area contributed by atoms with Crippen LogP contribution in [0.3, 0.4) is 0 Å². The number of fused-ring (bicyclic) bond motifs is 3. The van der Waals surface area contributed by atoms with Crippen molar-refractivity contribution in [2.45, 2.75) is 19.1 Å². The van der Waals surface area contributed by atoms with Gasteiger partial charge >= 0.3 is 0 Å². The molecule has 0 saturated carbocycles. The van der Waals surface area contributed by atoms with Crippen LogP contribution in [0.2, 0.25) is 0 Å². The molecule has 0 aliphatic carbocycles. The maximum absolute atomic E-state index is 12.2. The van der Waals surface area contributed by atoms with E-state index in [1.165, 1.54) is 19.1 Å². The SMILES string of the molecule is C[C@]1(O)CC(=O)c2c(cc(O)c3c(O)cc(O)cc23)O1. The van der Waals surface area contributed by atoms with Crippen LogP contribution in [0.25, 0.3) is 10.8 Å². The summed E-state index contributed by atoms with van der Waals surface area (Å²) in [6.07, 6.45) is -0.254. The van der Waals surface area contributed by atoms with Gasteiger partial charge in [0.05, 0.1) is 17.4 Å². The van der Waals surface area contributed by atoms with E-state index in [0.717, 1.165) is 6.07 Å². The molecule has 0 amide bonds. The zero-order chi connectivity index (χ0) is 14.7. The van der Waals surface area contributed by atoms with E-state index in [0.29, 0.717) is 0 Å². The lowest BCUT2D eigenvalue weighted by molar-refractivity contribution is -0.123. The number of ketones is 1. The molecule has 6 heteroatoms. The highest BCUT2D eigenvalue weighted by molar-refractivity contribution is 6.14. The molecule has 0 saturated heterocycles. The van der Waals surface area contributed by atoms with Gasteiger partial charge in [-0.05, 0) is 6.07 Å². The predicted octanol–water partition coefficient (Wildman–Crippen LogP) is 1.63. The molecule has 0 aromatic heterocycles. The summed E-state index contributed by atoms with van der Waals surface area (Å²) in [6, 6.07) is 3.49. The second kappa shape index (κ2) is 3.77. The fraction of sp³-hybridized carbons (Fsp3) is 0.214.